The highest BCUT2D eigenvalue weighted by Gasteiger charge is 2.15. The number of rotatable bonds is 5. The highest BCUT2D eigenvalue weighted by Crippen LogP contribution is 2.29. The molecule has 0 spiro atoms. The molecule has 0 aliphatic rings. The zero-order chi connectivity index (χ0) is 19.9. The number of thioether (sulfide) groups is 1. The number of carbonyl (C=O) groups is 1. The van der Waals surface area contributed by atoms with Crippen LogP contribution in [0.25, 0.3) is 0 Å². The van der Waals surface area contributed by atoms with Crippen LogP contribution in [0.4, 0.5) is 11.4 Å². The molecule has 0 heterocycles. The Morgan fingerprint density at radius 3 is 2.08 bits per heavy atom. The topological polar surface area (TPSA) is 124 Å². The summed E-state index contributed by atoms with van der Waals surface area (Å²) in [5.74, 6) is -1.17. The van der Waals surface area contributed by atoms with Crippen LogP contribution in [0.2, 0.25) is 5.02 Å². The van der Waals surface area contributed by atoms with E-state index in [0.29, 0.717) is 4.90 Å². The lowest BCUT2D eigenvalue weighted by Crippen LogP contribution is -1.99. The number of halogens is 1. The Hall–Kier alpha value is -2.65. The van der Waals surface area contributed by atoms with Crippen molar-refractivity contribution in [1.29, 1.82) is 0 Å². The Labute approximate surface area is 158 Å². The van der Waals surface area contributed by atoms with E-state index in [0.717, 1.165) is 22.9 Å². The average Bonchev–Trinajstić information content (AvgIpc) is 2.53. The number of aliphatic carboxylic acids is 1. The van der Waals surface area contributed by atoms with Crippen LogP contribution < -0.4 is 0 Å². The monoisotopic (exact) mass is 398 g/mol. The number of benzene rings is 2. The number of nitro groups is 2. The number of carboxylic acid groups (broad SMARTS) is 1. The fraction of sp³-hybridized carbons (Fsp3) is 0.188. The van der Waals surface area contributed by atoms with Crippen LogP contribution in [-0.4, -0.2) is 26.7 Å². The maximum Gasteiger partial charge on any atom is 0.313 e. The molecule has 0 fully saturated rings. The molecular formula is C16H15ClN2O6S. The van der Waals surface area contributed by atoms with Crippen molar-refractivity contribution >= 4 is 40.7 Å². The minimum absolute atomic E-state index is 0.0405. The first-order chi connectivity index (χ1) is 12.1. The number of nitrogens with zero attached hydrogens (tertiary/aromatic N) is 2. The predicted octanol–water partition coefficient (Wildman–Crippen LogP) is 4.64. The van der Waals surface area contributed by atoms with E-state index in [-0.39, 0.29) is 22.2 Å². The minimum Gasteiger partial charge on any atom is -0.481 e. The number of hydrogen-bond donors (Lipinski definition) is 1. The van der Waals surface area contributed by atoms with Gasteiger partial charge in [0, 0.05) is 12.1 Å². The lowest BCUT2D eigenvalue weighted by Gasteiger charge is -2.01. The molecule has 0 aliphatic heterocycles. The van der Waals surface area contributed by atoms with Crippen molar-refractivity contribution < 1.29 is 19.7 Å². The Morgan fingerprint density at radius 2 is 1.58 bits per heavy atom. The maximum absolute atomic E-state index is 10.7. The third kappa shape index (κ3) is 6.69. The van der Waals surface area contributed by atoms with Crippen molar-refractivity contribution in [2.45, 2.75) is 18.7 Å². The molecule has 0 radical (unpaired) electrons. The van der Waals surface area contributed by atoms with Crippen molar-refractivity contribution in [3.63, 3.8) is 0 Å². The summed E-state index contributed by atoms with van der Waals surface area (Å²) in [6.07, 6.45) is 0. The summed E-state index contributed by atoms with van der Waals surface area (Å²) >= 11 is 6.53. The molecule has 8 nitrogen and oxygen atoms in total. The van der Waals surface area contributed by atoms with E-state index in [9.17, 15) is 25.0 Å². The molecule has 0 saturated heterocycles. The van der Waals surface area contributed by atoms with Gasteiger partial charge in [-0.1, -0.05) is 23.7 Å². The molecule has 138 valence electrons. The Bertz CT molecular complexity index is 843. The second-order valence-corrected chi connectivity index (χ2v) is 6.55. The summed E-state index contributed by atoms with van der Waals surface area (Å²) in [6.45, 7) is 3.58. The Morgan fingerprint density at radius 1 is 1.04 bits per heavy atom. The molecule has 0 aromatic heterocycles. The van der Waals surface area contributed by atoms with Crippen LogP contribution in [0.3, 0.4) is 0 Å². The maximum atomic E-state index is 10.7. The molecule has 0 aliphatic carbocycles. The molecule has 0 saturated carbocycles. The van der Waals surface area contributed by atoms with E-state index in [1.165, 1.54) is 12.1 Å². The van der Waals surface area contributed by atoms with Gasteiger partial charge in [0.1, 0.15) is 5.02 Å². The molecule has 2 rings (SSSR count). The molecule has 2 aromatic carbocycles. The molecule has 0 atom stereocenters. The van der Waals surface area contributed by atoms with Gasteiger partial charge in [0.15, 0.2) is 0 Å². The second-order valence-electron chi connectivity index (χ2n) is 5.12. The van der Waals surface area contributed by atoms with E-state index in [1.807, 2.05) is 6.92 Å². The lowest BCUT2D eigenvalue weighted by molar-refractivity contribution is -0.387. The van der Waals surface area contributed by atoms with E-state index < -0.39 is 15.8 Å². The molecule has 0 amide bonds. The Kier molecular flexibility index (Phi) is 8.01. The van der Waals surface area contributed by atoms with Crippen LogP contribution in [0.15, 0.2) is 41.3 Å². The van der Waals surface area contributed by atoms with E-state index in [4.69, 9.17) is 16.7 Å². The third-order valence-electron chi connectivity index (χ3n) is 2.96. The lowest BCUT2D eigenvalue weighted by atomic mass is 10.2. The first kappa shape index (κ1) is 21.4. The van der Waals surface area contributed by atoms with Gasteiger partial charge in [0.2, 0.25) is 0 Å². The number of aryl methyl sites for hydroxylation is 2. The predicted molar refractivity (Wildman–Crippen MR) is 99.0 cm³/mol. The van der Waals surface area contributed by atoms with Gasteiger partial charge < -0.3 is 5.11 Å². The summed E-state index contributed by atoms with van der Waals surface area (Å²) in [6, 6.07) is 9.35. The van der Waals surface area contributed by atoms with E-state index in [2.05, 4.69) is 0 Å². The van der Waals surface area contributed by atoms with Crippen molar-refractivity contribution in [2.75, 3.05) is 5.75 Å². The molecule has 1 N–H and O–H groups in total. The molecule has 26 heavy (non-hydrogen) atoms. The minimum atomic E-state index is -0.991. The van der Waals surface area contributed by atoms with Gasteiger partial charge in [-0.15, -0.1) is 11.8 Å². The van der Waals surface area contributed by atoms with Crippen LogP contribution in [0.5, 0.6) is 0 Å². The summed E-state index contributed by atoms with van der Waals surface area (Å²) in [7, 11) is 0. The summed E-state index contributed by atoms with van der Waals surface area (Å²) in [5.41, 5.74) is 1.61. The third-order valence-corrected chi connectivity index (χ3v) is 4.31. The molecule has 0 unspecified atom stereocenters. The van der Waals surface area contributed by atoms with Gasteiger partial charge in [0.05, 0.1) is 20.5 Å². The standard InChI is InChI=1S/C9H9NO4S.C7H6ClNO2/c1-6-2-3-8(15-5-9(11)12)7(4-6)10(13)14;1-5-2-3-7(9(10)11)6(8)4-5/h2-4H,5H2,1H3,(H,11,12);2-4H,1H3. The van der Waals surface area contributed by atoms with Crippen LogP contribution in [0.1, 0.15) is 11.1 Å². The van der Waals surface area contributed by atoms with Gasteiger partial charge in [-0.25, -0.2) is 0 Å². The SMILES string of the molecule is Cc1ccc(SCC(=O)O)c([N+](=O)[O-])c1.Cc1ccc([N+](=O)[O-])c(Cl)c1. The van der Waals surface area contributed by atoms with E-state index >= 15 is 0 Å². The number of hydrogen-bond acceptors (Lipinski definition) is 6. The quantitative estimate of drug-likeness (QED) is 0.442. The summed E-state index contributed by atoms with van der Waals surface area (Å²) in [4.78, 5) is 30.6. The summed E-state index contributed by atoms with van der Waals surface area (Å²) in [5, 5.41) is 29.6. The fourth-order valence-electron chi connectivity index (χ4n) is 1.79. The first-order valence-corrected chi connectivity index (χ1v) is 8.48. The zero-order valence-electron chi connectivity index (χ0n) is 13.8. The van der Waals surface area contributed by atoms with Crippen molar-refractivity contribution in [3.05, 3.63) is 72.8 Å². The van der Waals surface area contributed by atoms with Crippen LogP contribution in [-0.2, 0) is 4.79 Å². The van der Waals surface area contributed by atoms with Crippen LogP contribution in [0, 0.1) is 34.1 Å². The van der Waals surface area contributed by atoms with Crippen molar-refractivity contribution in [3.8, 4) is 0 Å². The number of carboxylic acids is 1. The second kappa shape index (κ2) is 9.73. The van der Waals surface area contributed by atoms with Crippen molar-refractivity contribution in [2.24, 2.45) is 0 Å². The van der Waals surface area contributed by atoms with Gasteiger partial charge >= 0.3 is 5.97 Å². The highest BCUT2D eigenvalue weighted by atomic mass is 35.5. The smallest absolute Gasteiger partial charge is 0.313 e. The molecular weight excluding hydrogens is 384 g/mol. The van der Waals surface area contributed by atoms with E-state index in [1.54, 1.807) is 31.2 Å². The van der Waals surface area contributed by atoms with Crippen LogP contribution >= 0.6 is 23.4 Å². The average molecular weight is 399 g/mol. The molecule has 10 heteroatoms. The fourth-order valence-corrected chi connectivity index (χ4v) is 2.82. The first-order valence-electron chi connectivity index (χ1n) is 7.12. The summed E-state index contributed by atoms with van der Waals surface area (Å²) < 4.78 is 0. The largest absolute Gasteiger partial charge is 0.481 e. The van der Waals surface area contributed by atoms with Gasteiger partial charge in [0.25, 0.3) is 11.4 Å². The van der Waals surface area contributed by atoms with Gasteiger partial charge in [-0.2, -0.15) is 0 Å². The van der Waals surface area contributed by atoms with Gasteiger partial charge in [-0.3, -0.25) is 25.0 Å². The normalized spacial score (nSPS) is 9.81. The van der Waals surface area contributed by atoms with Crippen molar-refractivity contribution in [1.82, 2.24) is 0 Å². The highest BCUT2D eigenvalue weighted by molar-refractivity contribution is 8.00. The number of nitro benzene ring substituents is 2. The molecule has 2 aromatic rings. The zero-order valence-corrected chi connectivity index (χ0v) is 15.4. The molecule has 0 bridgehead atoms. The Balaban J connectivity index is 0.000000273. The van der Waals surface area contributed by atoms with Gasteiger partial charge in [-0.05, 0) is 37.1 Å².